The average Bonchev–Trinajstić information content (AvgIpc) is 2.37. The van der Waals surface area contributed by atoms with Crippen LogP contribution in [0.5, 0.6) is 0 Å². The lowest BCUT2D eigenvalue weighted by atomic mass is 9.94. The summed E-state index contributed by atoms with van der Waals surface area (Å²) in [5, 5.41) is 12.6. The third-order valence-electron chi connectivity index (χ3n) is 3.81. The second-order valence-electron chi connectivity index (χ2n) is 5.64. The summed E-state index contributed by atoms with van der Waals surface area (Å²) in [6.07, 6.45) is 1.82. The third kappa shape index (κ3) is 4.43. The molecule has 0 aliphatic carbocycles. The van der Waals surface area contributed by atoms with Gasteiger partial charge in [-0.05, 0) is 36.8 Å². The minimum Gasteiger partial charge on any atom is -0.396 e. The van der Waals surface area contributed by atoms with E-state index < -0.39 is 0 Å². The molecule has 1 unspecified atom stereocenters. The minimum absolute atomic E-state index is 0.0332. The van der Waals surface area contributed by atoms with Gasteiger partial charge in [-0.15, -0.1) is 0 Å². The quantitative estimate of drug-likeness (QED) is 0.775. The fraction of sp³-hybridized carbons (Fsp3) is 0.625. The predicted molar refractivity (Wildman–Crippen MR) is 77.8 cm³/mol. The van der Waals surface area contributed by atoms with Gasteiger partial charge in [-0.2, -0.15) is 0 Å². The molecule has 0 aromatic heterocycles. The van der Waals surface area contributed by atoms with Crippen molar-refractivity contribution in [3.05, 3.63) is 35.4 Å². The van der Waals surface area contributed by atoms with Crippen molar-refractivity contribution < 1.29 is 5.11 Å². The highest BCUT2D eigenvalue weighted by Crippen LogP contribution is 2.17. The smallest absolute Gasteiger partial charge is 0.0448 e. The van der Waals surface area contributed by atoms with Crippen molar-refractivity contribution in [2.45, 2.75) is 58.5 Å². The van der Waals surface area contributed by atoms with Crippen LogP contribution in [0, 0.1) is 0 Å². The summed E-state index contributed by atoms with van der Waals surface area (Å²) in [6, 6.07) is 8.79. The summed E-state index contributed by atoms with van der Waals surface area (Å²) in [5.74, 6) is 0.585. The van der Waals surface area contributed by atoms with Crippen molar-refractivity contribution in [2.75, 3.05) is 6.61 Å². The molecule has 0 radical (unpaired) electrons. The van der Waals surface area contributed by atoms with Crippen LogP contribution in [0.15, 0.2) is 24.3 Å². The second-order valence-corrected chi connectivity index (χ2v) is 5.64. The molecule has 18 heavy (non-hydrogen) atoms. The van der Waals surface area contributed by atoms with Gasteiger partial charge in [0, 0.05) is 18.7 Å². The molecule has 2 heteroatoms. The zero-order valence-electron chi connectivity index (χ0n) is 12.2. The van der Waals surface area contributed by atoms with Gasteiger partial charge in [0.2, 0.25) is 0 Å². The van der Waals surface area contributed by atoms with Crippen LogP contribution in [0.4, 0.5) is 0 Å². The summed E-state index contributed by atoms with van der Waals surface area (Å²) < 4.78 is 0. The molecule has 0 aliphatic rings. The zero-order chi connectivity index (χ0) is 13.6. The van der Waals surface area contributed by atoms with E-state index in [0.29, 0.717) is 5.92 Å². The Kier molecular flexibility index (Phi) is 5.83. The SMILES string of the molecule is CCC(C)(CCO)NCc1ccc(C(C)C)cc1. The van der Waals surface area contributed by atoms with E-state index in [0.717, 1.165) is 19.4 Å². The maximum absolute atomic E-state index is 9.09. The van der Waals surface area contributed by atoms with Crippen molar-refractivity contribution in [2.24, 2.45) is 0 Å². The Bertz CT molecular complexity index is 345. The molecule has 0 amide bonds. The predicted octanol–water partition coefficient (Wildman–Crippen LogP) is 3.45. The van der Waals surface area contributed by atoms with Crippen LogP contribution in [-0.4, -0.2) is 17.3 Å². The van der Waals surface area contributed by atoms with Crippen LogP contribution in [0.25, 0.3) is 0 Å². The molecule has 1 rings (SSSR count). The fourth-order valence-electron chi connectivity index (χ4n) is 1.97. The Morgan fingerprint density at radius 1 is 1.22 bits per heavy atom. The highest BCUT2D eigenvalue weighted by molar-refractivity contribution is 5.24. The fourth-order valence-corrected chi connectivity index (χ4v) is 1.97. The van der Waals surface area contributed by atoms with Gasteiger partial charge >= 0.3 is 0 Å². The van der Waals surface area contributed by atoms with E-state index in [-0.39, 0.29) is 12.1 Å². The van der Waals surface area contributed by atoms with E-state index in [2.05, 4.69) is 57.3 Å². The molecule has 102 valence electrons. The topological polar surface area (TPSA) is 32.3 Å². The van der Waals surface area contributed by atoms with E-state index >= 15 is 0 Å². The Balaban J connectivity index is 2.57. The van der Waals surface area contributed by atoms with Gasteiger partial charge in [0.15, 0.2) is 0 Å². The molecular weight excluding hydrogens is 222 g/mol. The van der Waals surface area contributed by atoms with Crippen molar-refractivity contribution >= 4 is 0 Å². The maximum atomic E-state index is 9.09. The molecule has 0 aliphatic heterocycles. The minimum atomic E-state index is 0.0332. The summed E-state index contributed by atoms with van der Waals surface area (Å²) in [4.78, 5) is 0. The van der Waals surface area contributed by atoms with Gasteiger partial charge in [-0.1, -0.05) is 45.0 Å². The monoisotopic (exact) mass is 249 g/mol. The standard InChI is InChI=1S/C16H27NO/c1-5-16(4,10-11-18)17-12-14-6-8-15(9-7-14)13(2)3/h6-9,13,17-18H,5,10-12H2,1-4H3. The van der Waals surface area contributed by atoms with Gasteiger partial charge in [0.25, 0.3) is 0 Å². The van der Waals surface area contributed by atoms with E-state index in [4.69, 9.17) is 5.11 Å². The molecule has 0 spiro atoms. The summed E-state index contributed by atoms with van der Waals surface area (Å²) in [5.41, 5.74) is 2.72. The number of nitrogens with one attached hydrogen (secondary N) is 1. The van der Waals surface area contributed by atoms with Crippen LogP contribution >= 0.6 is 0 Å². The summed E-state index contributed by atoms with van der Waals surface area (Å²) in [6.45, 7) is 9.86. The zero-order valence-corrected chi connectivity index (χ0v) is 12.2. The average molecular weight is 249 g/mol. The van der Waals surface area contributed by atoms with Gasteiger partial charge in [-0.25, -0.2) is 0 Å². The molecule has 2 N–H and O–H groups in total. The third-order valence-corrected chi connectivity index (χ3v) is 3.81. The number of aliphatic hydroxyl groups is 1. The molecular formula is C16H27NO. The lowest BCUT2D eigenvalue weighted by molar-refractivity contribution is 0.214. The van der Waals surface area contributed by atoms with Crippen LogP contribution in [0.2, 0.25) is 0 Å². The Hall–Kier alpha value is -0.860. The van der Waals surface area contributed by atoms with Crippen LogP contribution < -0.4 is 5.32 Å². The van der Waals surface area contributed by atoms with E-state index in [1.54, 1.807) is 0 Å². The van der Waals surface area contributed by atoms with Crippen LogP contribution in [0.3, 0.4) is 0 Å². The lowest BCUT2D eigenvalue weighted by Gasteiger charge is -2.29. The molecule has 2 nitrogen and oxygen atoms in total. The number of rotatable bonds is 7. The summed E-state index contributed by atoms with van der Waals surface area (Å²) >= 11 is 0. The van der Waals surface area contributed by atoms with Crippen LogP contribution in [-0.2, 0) is 6.54 Å². The van der Waals surface area contributed by atoms with Crippen molar-refractivity contribution in [3.8, 4) is 0 Å². The molecule has 0 saturated carbocycles. The molecule has 0 fully saturated rings. The van der Waals surface area contributed by atoms with Gasteiger partial charge in [-0.3, -0.25) is 0 Å². The first kappa shape index (κ1) is 15.2. The van der Waals surface area contributed by atoms with Crippen molar-refractivity contribution in [1.82, 2.24) is 5.32 Å². The number of aliphatic hydroxyl groups excluding tert-OH is 1. The molecule has 0 heterocycles. The number of hydrogen-bond donors (Lipinski definition) is 2. The first-order valence-corrected chi connectivity index (χ1v) is 6.95. The highest BCUT2D eigenvalue weighted by Gasteiger charge is 2.20. The first-order chi connectivity index (χ1) is 8.50. The number of benzene rings is 1. The van der Waals surface area contributed by atoms with Gasteiger partial charge in [0.05, 0.1) is 0 Å². The lowest BCUT2D eigenvalue weighted by Crippen LogP contribution is -2.42. The molecule has 0 bridgehead atoms. The van der Waals surface area contributed by atoms with E-state index in [1.165, 1.54) is 11.1 Å². The van der Waals surface area contributed by atoms with E-state index in [1.807, 2.05) is 0 Å². The maximum Gasteiger partial charge on any atom is 0.0448 e. The molecule has 0 saturated heterocycles. The second kappa shape index (κ2) is 6.91. The molecule has 1 atom stereocenters. The van der Waals surface area contributed by atoms with Crippen LogP contribution in [0.1, 0.15) is 57.6 Å². The largest absolute Gasteiger partial charge is 0.396 e. The summed E-state index contributed by atoms with van der Waals surface area (Å²) in [7, 11) is 0. The van der Waals surface area contributed by atoms with Gasteiger partial charge in [0.1, 0.15) is 0 Å². The van der Waals surface area contributed by atoms with Gasteiger partial charge < -0.3 is 10.4 Å². The van der Waals surface area contributed by atoms with Crippen molar-refractivity contribution in [1.29, 1.82) is 0 Å². The highest BCUT2D eigenvalue weighted by atomic mass is 16.3. The number of hydrogen-bond acceptors (Lipinski definition) is 2. The Morgan fingerprint density at radius 2 is 1.83 bits per heavy atom. The molecule has 1 aromatic rings. The molecule has 1 aromatic carbocycles. The normalized spacial score (nSPS) is 14.8. The Morgan fingerprint density at radius 3 is 2.28 bits per heavy atom. The first-order valence-electron chi connectivity index (χ1n) is 6.95. The van der Waals surface area contributed by atoms with Crippen molar-refractivity contribution in [3.63, 3.8) is 0 Å². The van der Waals surface area contributed by atoms with E-state index in [9.17, 15) is 0 Å². The Labute approximate surface area is 111 Å².